The van der Waals surface area contributed by atoms with Crippen molar-refractivity contribution in [2.75, 3.05) is 12.0 Å². The van der Waals surface area contributed by atoms with E-state index in [1.807, 2.05) is 0 Å². The lowest BCUT2D eigenvalue weighted by molar-refractivity contribution is 0.450. The molecule has 0 heterocycles. The fourth-order valence-electron chi connectivity index (χ4n) is 3.16. The van der Waals surface area contributed by atoms with Crippen molar-refractivity contribution < 1.29 is 4.21 Å². The number of benzene rings is 1. The molecule has 1 aliphatic carbocycles. The predicted molar refractivity (Wildman–Crippen MR) is 82.8 cm³/mol. The molecule has 19 heavy (non-hydrogen) atoms. The van der Waals surface area contributed by atoms with Crippen LogP contribution in [0.4, 0.5) is 0 Å². The van der Waals surface area contributed by atoms with E-state index >= 15 is 0 Å². The smallest absolute Gasteiger partial charge is 0.0383 e. The minimum absolute atomic E-state index is 0.367. The van der Waals surface area contributed by atoms with Gasteiger partial charge in [0.2, 0.25) is 0 Å². The van der Waals surface area contributed by atoms with Gasteiger partial charge in [0.15, 0.2) is 0 Å². The second kappa shape index (κ2) is 7.20. The van der Waals surface area contributed by atoms with E-state index in [0.717, 1.165) is 11.7 Å². The van der Waals surface area contributed by atoms with Gasteiger partial charge in [0, 0.05) is 34.9 Å². The molecule has 1 aromatic carbocycles. The zero-order valence-corrected chi connectivity index (χ0v) is 12.8. The Kier molecular flexibility index (Phi) is 5.59. The third kappa shape index (κ3) is 5.07. The summed E-state index contributed by atoms with van der Waals surface area (Å²) in [5.74, 6) is 1.57. The van der Waals surface area contributed by atoms with Crippen LogP contribution in [0.5, 0.6) is 0 Å². The maximum absolute atomic E-state index is 11.2. The van der Waals surface area contributed by atoms with Gasteiger partial charge in [0.25, 0.3) is 0 Å². The summed E-state index contributed by atoms with van der Waals surface area (Å²) >= 11 is 0. The Balaban J connectivity index is 1.75. The average Bonchev–Trinajstić information content (AvgIpc) is 2.76. The van der Waals surface area contributed by atoms with E-state index in [9.17, 15) is 4.21 Å². The van der Waals surface area contributed by atoms with E-state index in [1.165, 1.54) is 31.2 Å². The molecule has 0 aliphatic heterocycles. The lowest BCUT2D eigenvalue weighted by Crippen LogP contribution is -2.38. The van der Waals surface area contributed by atoms with Gasteiger partial charge in [0.05, 0.1) is 0 Å². The fourth-order valence-corrected chi connectivity index (χ4v) is 3.96. The van der Waals surface area contributed by atoms with Crippen LogP contribution in [-0.2, 0) is 17.2 Å². The standard InChI is InChI=1S/C16H25NOS/c1-13(12-19(2)18)17-16-9-8-15(11-16)10-14-6-4-3-5-7-14/h3-7,13,15-17H,8-12H2,1-2H3/t13-,15-,16-,19+/m1/s1. The molecule has 0 saturated heterocycles. The van der Waals surface area contributed by atoms with Crippen molar-refractivity contribution in [3.63, 3.8) is 0 Å². The first-order valence-corrected chi connectivity index (χ1v) is 8.96. The topological polar surface area (TPSA) is 29.1 Å². The normalized spacial score (nSPS) is 26.2. The van der Waals surface area contributed by atoms with Gasteiger partial charge in [-0.2, -0.15) is 0 Å². The molecule has 2 rings (SSSR count). The van der Waals surface area contributed by atoms with E-state index in [0.29, 0.717) is 12.1 Å². The molecule has 1 saturated carbocycles. The predicted octanol–water partition coefficient (Wildman–Crippen LogP) is 2.75. The Morgan fingerprint density at radius 3 is 2.74 bits per heavy atom. The third-order valence-electron chi connectivity index (χ3n) is 3.91. The fraction of sp³-hybridized carbons (Fsp3) is 0.625. The van der Waals surface area contributed by atoms with Crippen molar-refractivity contribution in [2.45, 2.75) is 44.7 Å². The highest BCUT2D eigenvalue weighted by Gasteiger charge is 2.25. The van der Waals surface area contributed by atoms with Crippen LogP contribution in [0.1, 0.15) is 31.7 Å². The Hall–Kier alpha value is -0.670. The number of hydrogen-bond acceptors (Lipinski definition) is 2. The molecule has 4 atom stereocenters. The first-order valence-electron chi connectivity index (χ1n) is 7.23. The van der Waals surface area contributed by atoms with Crippen molar-refractivity contribution in [3.8, 4) is 0 Å². The molecule has 0 amide bonds. The Labute approximate surface area is 119 Å². The quantitative estimate of drug-likeness (QED) is 0.867. The van der Waals surface area contributed by atoms with Crippen LogP contribution in [0.3, 0.4) is 0 Å². The van der Waals surface area contributed by atoms with E-state index in [2.05, 4.69) is 42.6 Å². The summed E-state index contributed by atoms with van der Waals surface area (Å²) in [4.78, 5) is 0. The summed E-state index contributed by atoms with van der Waals surface area (Å²) in [7, 11) is -0.698. The van der Waals surface area contributed by atoms with E-state index in [1.54, 1.807) is 6.26 Å². The van der Waals surface area contributed by atoms with Crippen molar-refractivity contribution >= 4 is 10.8 Å². The Bertz CT molecular complexity index is 406. The second-order valence-electron chi connectivity index (χ2n) is 5.87. The molecular weight excluding hydrogens is 254 g/mol. The molecule has 1 N–H and O–H groups in total. The number of rotatable bonds is 6. The summed E-state index contributed by atoms with van der Waals surface area (Å²) < 4.78 is 11.2. The van der Waals surface area contributed by atoms with Gasteiger partial charge in [-0.05, 0) is 44.1 Å². The summed E-state index contributed by atoms with van der Waals surface area (Å²) in [5, 5.41) is 3.63. The maximum Gasteiger partial charge on any atom is 0.0383 e. The second-order valence-corrected chi connectivity index (χ2v) is 7.35. The summed E-state index contributed by atoms with van der Waals surface area (Å²) in [6.07, 6.45) is 6.82. The molecule has 0 spiro atoms. The SMILES string of the molecule is C[C@H](C[S@](C)=O)N[C@@H]1CC[C@H](Cc2ccccc2)C1. The van der Waals surface area contributed by atoms with Gasteiger partial charge in [0.1, 0.15) is 0 Å². The van der Waals surface area contributed by atoms with Crippen molar-refractivity contribution in [1.82, 2.24) is 5.32 Å². The Morgan fingerprint density at radius 2 is 2.05 bits per heavy atom. The third-order valence-corrected chi connectivity index (χ3v) is 4.88. The minimum Gasteiger partial charge on any atom is -0.311 e. The van der Waals surface area contributed by atoms with Gasteiger partial charge in [-0.15, -0.1) is 0 Å². The average molecular weight is 279 g/mol. The molecule has 0 radical (unpaired) electrons. The molecule has 3 heteroatoms. The Morgan fingerprint density at radius 1 is 1.32 bits per heavy atom. The van der Waals surface area contributed by atoms with Crippen LogP contribution in [-0.4, -0.2) is 28.3 Å². The summed E-state index contributed by atoms with van der Waals surface area (Å²) in [6.45, 7) is 2.14. The monoisotopic (exact) mass is 279 g/mol. The van der Waals surface area contributed by atoms with Gasteiger partial charge in [-0.25, -0.2) is 0 Å². The van der Waals surface area contributed by atoms with E-state index < -0.39 is 10.8 Å². The first-order chi connectivity index (χ1) is 9.13. The van der Waals surface area contributed by atoms with Crippen LogP contribution >= 0.6 is 0 Å². The maximum atomic E-state index is 11.2. The molecule has 0 bridgehead atoms. The minimum atomic E-state index is -0.698. The lowest BCUT2D eigenvalue weighted by Gasteiger charge is -2.18. The summed E-state index contributed by atoms with van der Waals surface area (Å²) in [6, 6.07) is 11.8. The molecule has 1 aromatic rings. The van der Waals surface area contributed by atoms with Crippen LogP contribution < -0.4 is 5.32 Å². The van der Waals surface area contributed by atoms with Crippen molar-refractivity contribution in [3.05, 3.63) is 35.9 Å². The number of hydrogen-bond donors (Lipinski definition) is 1. The van der Waals surface area contributed by atoms with Crippen LogP contribution in [0.2, 0.25) is 0 Å². The number of nitrogens with one attached hydrogen (secondary N) is 1. The lowest BCUT2D eigenvalue weighted by atomic mass is 9.98. The van der Waals surface area contributed by atoms with Gasteiger partial charge < -0.3 is 5.32 Å². The molecule has 106 valence electrons. The molecular formula is C16H25NOS. The summed E-state index contributed by atoms with van der Waals surface area (Å²) in [5.41, 5.74) is 1.45. The van der Waals surface area contributed by atoms with Crippen molar-refractivity contribution in [1.29, 1.82) is 0 Å². The van der Waals surface area contributed by atoms with E-state index in [-0.39, 0.29) is 0 Å². The zero-order chi connectivity index (χ0) is 13.7. The molecule has 2 nitrogen and oxygen atoms in total. The van der Waals surface area contributed by atoms with E-state index in [4.69, 9.17) is 0 Å². The highest BCUT2D eigenvalue weighted by atomic mass is 32.2. The first kappa shape index (κ1) is 14.7. The van der Waals surface area contributed by atoms with Crippen LogP contribution in [0, 0.1) is 5.92 Å². The molecule has 0 aromatic heterocycles. The molecule has 1 aliphatic rings. The van der Waals surface area contributed by atoms with Crippen LogP contribution in [0.25, 0.3) is 0 Å². The largest absolute Gasteiger partial charge is 0.311 e. The van der Waals surface area contributed by atoms with Gasteiger partial charge >= 0.3 is 0 Å². The molecule has 0 unspecified atom stereocenters. The highest BCUT2D eigenvalue weighted by molar-refractivity contribution is 7.84. The van der Waals surface area contributed by atoms with Crippen LogP contribution in [0.15, 0.2) is 30.3 Å². The van der Waals surface area contributed by atoms with Gasteiger partial charge in [-0.3, -0.25) is 4.21 Å². The highest BCUT2D eigenvalue weighted by Crippen LogP contribution is 2.28. The zero-order valence-electron chi connectivity index (χ0n) is 12.0. The molecule has 1 fully saturated rings. The van der Waals surface area contributed by atoms with Crippen molar-refractivity contribution in [2.24, 2.45) is 5.92 Å². The van der Waals surface area contributed by atoms with Gasteiger partial charge in [-0.1, -0.05) is 30.3 Å².